The lowest BCUT2D eigenvalue weighted by Gasteiger charge is -2.18. The molecule has 1 heterocycles. The van der Waals surface area contributed by atoms with Gasteiger partial charge in [0.1, 0.15) is 10.9 Å². The number of benzene rings is 3. The Kier molecular flexibility index (Phi) is 4.82. The fraction of sp³-hybridized carbons (Fsp3) is 0.160. The zero-order chi connectivity index (χ0) is 19.8. The minimum absolute atomic E-state index is 0.527. The third-order valence-electron chi connectivity index (χ3n) is 5.19. The molecule has 0 spiro atoms. The van der Waals surface area contributed by atoms with Crippen molar-refractivity contribution >= 4 is 22.4 Å². The Labute approximate surface area is 170 Å². The van der Waals surface area contributed by atoms with Gasteiger partial charge in [0.15, 0.2) is 0 Å². The molecule has 4 aromatic rings. The summed E-state index contributed by atoms with van der Waals surface area (Å²) in [5.74, 6) is 0.820. The number of fused-ring (bicyclic) bond motifs is 1. The van der Waals surface area contributed by atoms with Gasteiger partial charge in [-0.2, -0.15) is 0 Å². The first-order chi connectivity index (χ1) is 13.5. The Morgan fingerprint density at radius 3 is 2.21 bits per heavy atom. The zero-order valence-electron chi connectivity index (χ0n) is 16.5. The SMILES string of the molecule is COc1cccc(-c2c(-c3c(C)cccc3C)nc(Cl)c3ccc(C)cc23)c1. The van der Waals surface area contributed by atoms with E-state index in [1.165, 1.54) is 16.7 Å². The first kappa shape index (κ1) is 18.5. The van der Waals surface area contributed by atoms with E-state index in [1.54, 1.807) is 7.11 Å². The van der Waals surface area contributed by atoms with Crippen LogP contribution in [0.15, 0.2) is 60.7 Å². The summed E-state index contributed by atoms with van der Waals surface area (Å²) < 4.78 is 5.48. The summed E-state index contributed by atoms with van der Waals surface area (Å²) in [6, 6.07) is 20.8. The molecule has 0 bridgehead atoms. The monoisotopic (exact) mass is 387 g/mol. The smallest absolute Gasteiger partial charge is 0.137 e. The Bertz CT molecular complexity index is 1180. The number of methoxy groups -OCH3 is 1. The topological polar surface area (TPSA) is 22.1 Å². The van der Waals surface area contributed by atoms with Gasteiger partial charge in [-0.1, -0.05) is 65.7 Å². The maximum atomic E-state index is 6.65. The van der Waals surface area contributed by atoms with Gasteiger partial charge in [-0.15, -0.1) is 0 Å². The van der Waals surface area contributed by atoms with E-state index in [-0.39, 0.29) is 0 Å². The molecule has 0 aliphatic carbocycles. The number of hydrogen-bond acceptors (Lipinski definition) is 2. The molecule has 0 fully saturated rings. The summed E-state index contributed by atoms with van der Waals surface area (Å²) in [6.07, 6.45) is 0. The van der Waals surface area contributed by atoms with Crippen LogP contribution >= 0.6 is 11.6 Å². The molecule has 0 N–H and O–H groups in total. The summed E-state index contributed by atoms with van der Waals surface area (Å²) >= 11 is 6.65. The number of ether oxygens (including phenoxy) is 1. The minimum Gasteiger partial charge on any atom is -0.497 e. The predicted molar refractivity (Wildman–Crippen MR) is 118 cm³/mol. The molecule has 0 saturated carbocycles. The van der Waals surface area contributed by atoms with Crippen molar-refractivity contribution in [2.75, 3.05) is 7.11 Å². The van der Waals surface area contributed by atoms with Gasteiger partial charge in [-0.05, 0) is 55.0 Å². The van der Waals surface area contributed by atoms with Gasteiger partial charge < -0.3 is 4.74 Å². The second-order valence-corrected chi connectivity index (χ2v) is 7.53. The minimum atomic E-state index is 0.527. The van der Waals surface area contributed by atoms with Crippen molar-refractivity contribution in [3.63, 3.8) is 0 Å². The van der Waals surface area contributed by atoms with Crippen molar-refractivity contribution in [2.24, 2.45) is 0 Å². The number of pyridine rings is 1. The lowest BCUT2D eigenvalue weighted by Crippen LogP contribution is -1.97. The number of hydrogen-bond donors (Lipinski definition) is 0. The molecule has 4 rings (SSSR count). The second kappa shape index (κ2) is 7.29. The van der Waals surface area contributed by atoms with Gasteiger partial charge in [0.2, 0.25) is 0 Å². The molecule has 28 heavy (non-hydrogen) atoms. The zero-order valence-corrected chi connectivity index (χ0v) is 17.3. The van der Waals surface area contributed by atoms with Crippen LogP contribution in [-0.4, -0.2) is 12.1 Å². The van der Waals surface area contributed by atoms with E-state index >= 15 is 0 Å². The predicted octanol–water partition coefficient (Wildman–Crippen LogP) is 7.16. The van der Waals surface area contributed by atoms with Crippen LogP contribution in [0.3, 0.4) is 0 Å². The highest BCUT2D eigenvalue weighted by Crippen LogP contribution is 2.42. The molecule has 0 aliphatic heterocycles. The lowest BCUT2D eigenvalue weighted by atomic mass is 9.90. The lowest BCUT2D eigenvalue weighted by molar-refractivity contribution is 0.415. The van der Waals surface area contributed by atoms with Crippen LogP contribution in [0, 0.1) is 20.8 Å². The van der Waals surface area contributed by atoms with Crippen LogP contribution in [0.1, 0.15) is 16.7 Å². The third kappa shape index (κ3) is 3.14. The van der Waals surface area contributed by atoms with Crippen molar-refractivity contribution < 1.29 is 4.74 Å². The first-order valence-electron chi connectivity index (χ1n) is 9.30. The van der Waals surface area contributed by atoms with Gasteiger partial charge in [-0.3, -0.25) is 0 Å². The maximum Gasteiger partial charge on any atom is 0.137 e. The van der Waals surface area contributed by atoms with Crippen LogP contribution in [0.5, 0.6) is 5.75 Å². The Morgan fingerprint density at radius 1 is 0.786 bits per heavy atom. The van der Waals surface area contributed by atoms with E-state index in [4.69, 9.17) is 21.3 Å². The van der Waals surface area contributed by atoms with Gasteiger partial charge in [0.25, 0.3) is 0 Å². The van der Waals surface area contributed by atoms with E-state index in [1.807, 2.05) is 12.1 Å². The molecule has 2 nitrogen and oxygen atoms in total. The largest absolute Gasteiger partial charge is 0.497 e. The summed E-state index contributed by atoms with van der Waals surface area (Å²) in [7, 11) is 1.69. The number of nitrogens with zero attached hydrogens (tertiary/aromatic N) is 1. The molecule has 3 heteroatoms. The number of aromatic nitrogens is 1. The van der Waals surface area contributed by atoms with Crippen LogP contribution in [0.25, 0.3) is 33.2 Å². The van der Waals surface area contributed by atoms with Crippen LogP contribution in [0.4, 0.5) is 0 Å². The Morgan fingerprint density at radius 2 is 1.50 bits per heavy atom. The van der Waals surface area contributed by atoms with Crippen LogP contribution < -0.4 is 4.74 Å². The Balaban J connectivity index is 2.18. The number of aryl methyl sites for hydroxylation is 3. The summed E-state index contributed by atoms with van der Waals surface area (Å²) in [5.41, 5.74) is 7.74. The number of halogens is 1. The fourth-order valence-electron chi connectivity index (χ4n) is 3.83. The first-order valence-corrected chi connectivity index (χ1v) is 9.68. The van der Waals surface area contributed by atoms with E-state index in [0.29, 0.717) is 5.15 Å². The average molecular weight is 388 g/mol. The summed E-state index contributed by atoms with van der Waals surface area (Å²) in [4.78, 5) is 4.88. The van der Waals surface area contributed by atoms with Crippen LogP contribution in [-0.2, 0) is 0 Å². The molecule has 0 unspecified atom stereocenters. The quantitative estimate of drug-likeness (QED) is 0.348. The highest BCUT2D eigenvalue weighted by Gasteiger charge is 2.19. The van der Waals surface area contributed by atoms with Gasteiger partial charge >= 0.3 is 0 Å². The Hall–Kier alpha value is -2.84. The van der Waals surface area contributed by atoms with Crippen molar-refractivity contribution in [3.8, 4) is 28.1 Å². The van der Waals surface area contributed by atoms with Crippen molar-refractivity contribution in [3.05, 3.63) is 82.5 Å². The fourth-order valence-corrected chi connectivity index (χ4v) is 4.08. The molecule has 1 aromatic heterocycles. The number of rotatable bonds is 3. The highest BCUT2D eigenvalue weighted by molar-refractivity contribution is 6.35. The second-order valence-electron chi connectivity index (χ2n) is 7.17. The molecule has 0 saturated heterocycles. The van der Waals surface area contributed by atoms with Crippen molar-refractivity contribution in [1.29, 1.82) is 0 Å². The molecular weight excluding hydrogens is 366 g/mol. The van der Waals surface area contributed by atoms with Gasteiger partial charge in [0, 0.05) is 16.5 Å². The molecule has 0 aliphatic rings. The molecule has 3 aromatic carbocycles. The molecule has 0 amide bonds. The molecular formula is C25H22ClNO. The summed E-state index contributed by atoms with van der Waals surface area (Å²) in [6.45, 7) is 6.34. The van der Waals surface area contributed by atoms with E-state index in [9.17, 15) is 0 Å². The molecule has 0 radical (unpaired) electrons. The van der Waals surface area contributed by atoms with Crippen molar-refractivity contribution in [1.82, 2.24) is 4.98 Å². The maximum absolute atomic E-state index is 6.65. The van der Waals surface area contributed by atoms with Gasteiger partial charge in [0.05, 0.1) is 12.8 Å². The van der Waals surface area contributed by atoms with Gasteiger partial charge in [-0.25, -0.2) is 4.98 Å². The summed E-state index contributed by atoms with van der Waals surface area (Å²) in [5, 5.41) is 2.59. The highest BCUT2D eigenvalue weighted by atomic mass is 35.5. The third-order valence-corrected chi connectivity index (χ3v) is 5.48. The van der Waals surface area contributed by atoms with Crippen molar-refractivity contribution in [2.45, 2.75) is 20.8 Å². The van der Waals surface area contributed by atoms with E-state index in [0.717, 1.165) is 38.9 Å². The average Bonchev–Trinajstić information content (AvgIpc) is 2.68. The molecule has 0 atom stereocenters. The standard InChI is InChI=1S/C25H22ClNO/c1-15-11-12-20-21(13-15)23(18-9-6-10-19(14-18)28-4)24(27-25(20)26)22-16(2)7-5-8-17(22)3/h5-14H,1-4H3. The normalized spacial score (nSPS) is 11.0. The molecule has 140 valence electrons. The van der Waals surface area contributed by atoms with E-state index in [2.05, 4.69) is 69.3 Å². The van der Waals surface area contributed by atoms with Crippen LogP contribution in [0.2, 0.25) is 5.15 Å². The van der Waals surface area contributed by atoms with E-state index < -0.39 is 0 Å².